The molecule has 0 bridgehead atoms. The van der Waals surface area contributed by atoms with E-state index in [1.807, 2.05) is 35.8 Å². The van der Waals surface area contributed by atoms with Gasteiger partial charge in [-0.2, -0.15) is 0 Å². The maximum Gasteiger partial charge on any atom is 0.250 e. The van der Waals surface area contributed by atoms with Crippen LogP contribution in [0.2, 0.25) is 0 Å². The van der Waals surface area contributed by atoms with E-state index in [1.165, 1.54) is 5.69 Å². The van der Waals surface area contributed by atoms with Crippen LogP contribution in [-0.2, 0) is 6.54 Å². The van der Waals surface area contributed by atoms with E-state index in [0.29, 0.717) is 0 Å². The number of rotatable bonds is 8. The van der Waals surface area contributed by atoms with Crippen LogP contribution in [0.5, 0.6) is 5.75 Å². The van der Waals surface area contributed by atoms with Crippen LogP contribution in [0.25, 0.3) is 0 Å². The molecule has 3 rings (SSSR count). The maximum absolute atomic E-state index is 12.0. The van der Waals surface area contributed by atoms with Crippen molar-refractivity contribution in [1.29, 1.82) is 0 Å². The molecule has 1 aromatic carbocycles. The van der Waals surface area contributed by atoms with Gasteiger partial charge in [-0.05, 0) is 44.9 Å². The lowest BCUT2D eigenvalue weighted by atomic mass is 10.2. The summed E-state index contributed by atoms with van der Waals surface area (Å²) in [5, 5.41) is 3.43. The molecule has 0 radical (unpaired) electrons. The Hall–Kier alpha value is -2.96. The predicted molar refractivity (Wildman–Crippen MR) is 127 cm³/mol. The lowest BCUT2D eigenvalue weighted by molar-refractivity contribution is 0.371. The number of pyridine rings is 1. The number of nitrogens with zero attached hydrogens (tertiary/aromatic N) is 4. The quantitative estimate of drug-likeness (QED) is 0.400. The number of hydrogen-bond acceptors (Lipinski definition) is 4. The summed E-state index contributed by atoms with van der Waals surface area (Å²) in [4.78, 5) is 21.6. The Labute approximate surface area is 185 Å². The van der Waals surface area contributed by atoms with Crippen LogP contribution in [-0.4, -0.2) is 61.8 Å². The molecule has 1 fully saturated rings. The Bertz CT molecular complexity index is 916. The number of aromatic nitrogens is 1. The van der Waals surface area contributed by atoms with Gasteiger partial charge in [0.15, 0.2) is 5.96 Å². The van der Waals surface area contributed by atoms with E-state index in [0.717, 1.165) is 76.1 Å². The zero-order valence-corrected chi connectivity index (χ0v) is 19.0. The lowest BCUT2D eigenvalue weighted by Gasteiger charge is -2.37. The Balaban J connectivity index is 1.50. The van der Waals surface area contributed by atoms with Crippen LogP contribution >= 0.6 is 0 Å². The topological polar surface area (TPSA) is 62.1 Å². The Morgan fingerprint density at radius 3 is 2.58 bits per heavy atom. The number of piperazine rings is 1. The van der Waals surface area contributed by atoms with Crippen LogP contribution in [0.15, 0.2) is 52.3 Å². The second kappa shape index (κ2) is 11.4. The first kappa shape index (κ1) is 22.7. The molecule has 0 atom stereocenters. The highest BCUT2D eigenvalue weighted by molar-refractivity contribution is 5.80. The van der Waals surface area contributed by atoms with Crippen molar-refractivity contribution in [1.82, 2.24) is 14.8 Å². The van der Waals surface area contributed by atoms with Gasteiger partial charge in [0.05, 0.1) is 7.11 Å². The van der Waals surface area contributed by atoms with E-state index in [2.05, 4.69) is 34.2 Å². The number of ether oxygens (including phenoxy) is 1. The minimum absolute atomic E-state index is 0.0748. The fourth-order valence-electron chi connectivity index (χ4n) is 3.89. The molecule has 0 unspecified atom stereocenters. The van der Waals surface area contributed by atoms with Gasteiger partial charge in [0.1, 0.15) is 5.75 Å². The van der Waals surface area contributed by atoms with Gasteiger partial charge >= 0.3 is 0 Å². The average Bonchev–Trinajstić information content (AvgIpc) is 2.80. The zero-order chi connectivity index (χ0) is 22.1. The van der Waals surface area contributed by atoms with Crippen molar-refractivity contribution < 1.29 is 4.74 Å². The summed E-state index contributed by atoms with van der Waals surface area (Å²) >= 11 is 0. The minimum Gasteiger partial charge on any atom is -0.497 e. The summed E-state index contributed by atoms with van der Waals surface area (Å²) in [6.07, 6.45) is 1.90. The van der Waals surface area contributed by atoms with Crippen LogP contribution in [0.1, 0.15) is 25.5 Å². The fraction of sp³-hybridized carbons (Fsp3) is 0.500. The highest BCUT2D eigenvalue weighted by Crippen LogP contribution is 2.22. The number of unbranched alkanes of at least 4 members (excludes halogenated alkanes) is 1. The van der Waals surface area contributed by atoms with Gasteiger partial charge in [-0.15, -0.1) is 0 Å². The highest BCUT2D eigenvalue weighted by Gasteiger charge is 2.20. The van der Waals surface area contributed by atoms with E-state index in [1.54, 1.807) is 13.2 Å². The van der Waals surface area contributed by atoms with Gasteiger partial charge in [-0.1, -0.05) is 12.1 Å². The first-order chi connectivity index (χ1) is 15.1. The predicted octanol–water partition coefficient (Wildman–Crippen LogP) is 2.73. The molecule has 7 nitrogen and oxygen atoms in total. The van der Waals surface area contributed by atoms with E-state index in [9.17, 15) is 4.79 Å². The third-order valence-corrected chi connectivity index (χ3v) is 5.65. The largest absolute Gasteiger partial charge is 0.497 e. The molecule has 1 saturated heterocycles. The van der Waals surface area contributed by atoms with E-state index in [4.69, 9.17) is 9.73 Å². The molecule has 168 valence electrons. The molecule has 1 aromatic heterocycles. The molecule has 1 aliphatic rings. The second-order valence-electron chi connectivity index (χ2n) is 7.78. The van der Waals surface area contributed by atoms with Crippen molar-refractivity contribution in [3.63, 3.8) is 0 Å². The van der Waals surface area contributed by atoms with Gasteiger partial charge in [0.2, 0.25) is 0 Å². The monoisotopic (exact) mass is 425 g/mol. The first-order valence-electron chi connectivity index (χ1n) is 11.2. The van der Waals surface area contributed by atoms with Gasteiger partial charge in [-0.3, -0.25) is 9.79 Å². The van der Waals surface area contributed by atoms with Crippen LogP contribution in [0.3, 0.4) is 0 Å². The van der Waals surface area contributed by atoms with Crippen LogP contribution < -0.4 is 20.5 Å². The average molecular weight is 426 g/mol. The molecule has 2 aromatic rings. The highest BCUT2D eigenvalue weighted by atomic mass is 16.5. The van der Waals surface area contributed by atoms with Crippen molar-refractivity contribution in [2.24, 2.45) is 4.99 Å². The van der Waals surface area contributed by atoms with Crippen molar-refractivity contribution in [2.75, 3.05) is 51.3 Å². The third kappa shape index (κ3) is 6.26. The number of methoxy groups -OCH3 is 1. The Kier molecular flexibility index (Phi) is 8.38. The lowest BCUT2D eigenvalue weighted by Crippen LogP contribution is -2.52. The molecule has 0 saturated carbocycles. The first-order valence-corrected chi connectivity index (χ1v) is 11.2. The summed E-state index contributed by atoms with van der Waals surface area (Å²) in [5.41, 5.74) is 2.29. The Morgan fingerprint density at radius 1 is 1.10 bits per heavy atom. The molecule has 0 spiro atoms. The number of hydrogen-bond donors (Lipinski definition) is 1. The molecular weight excluding hydrogens is 390 g/mol. The van der Waals surface area contributed by atoms with E-state index in [-0.39, 0.29) is 5.56 Å². The van der Waals surface area contributed by atoms with Crippen molar-refractivity contribution in [3.8, 4) is 5.75 Å². The summed E-state index contributed by atoms with van der Waals surface area (Å²) in [6, 6.07) is 13.7. The SMILES string of the molecule is CCNC(=NCCCCn1c(C)cccc1=O)N1CCN(c2cccc(OC)c2)CC1. The maximum atomic E-state index is 12.0. The van der Waals surface area contributed by atoms with Crippen LogP contribution in [0, 0.1) is 6.92 Å². The number of anilines is 1. The van der Waals surface area contributed by atoms with Crippen molar-refractivity contribution >= 4 is 11.6 Å². The third-order valence-electron chi connectivity index (χ3n) is 5.65. The fourth-order valence-corrected chi connectivity index (χ4v) is 3.89. The summed E-state index contributed by atoms with van der Waals surface area (Å²) in [6.45, 7) is 10.2. The number of aryl methyl sites for hydroxylation is 1. The molecule has 0 aliphatic carbocycles. The Morgan fingerprint density at radius 2 is 1.87 bits per heavy atom. The second-order valence-corrected chi connectivity index (χ2v) is 7.78. The molecule has 1 aliphatic heterocycles. The zero-order valence-electron chi connectivity index (χ0n) is 19.0. The van der Waals surface area contributed by atoms with E-state index < -0.39 is 0 Å². The van der Waals surface area contributed by atoms with Gasteiger partial charge in [-0.25, -0.2) is 0 Å². The van der Waals surface area contributed by atoms with Crippen molar-refractivity contribution in [3.05, 3.63) is 58.5 Å². The molecule has 7 heteroatoms. The number of guanidine groups is 1. The summed E-state index contributed by atoms with van der Waals surface area (Å²) in [7, 11) is 1.70. The van der Waals surface area contributed by atoms with Crippen LogP contribution in [0.4, 0.5) is 5.69 Å². The number of aliphatic imine (C=N–C) groups is 1. The molecule has 31 heavy (non-hydrogen) atoms. The summed E-state index contributed by atoms with van der Waals surface area (Å²) in [5.74, 6) is 1.88. The van der Waals surface area contributed by atoms with E-state index >= 15 is 0 Å². The smallest absolute Gasteiger partial charge is 0.250 e. The summed E-state index contributed by atoms with van der Waals surface area (Å²) < 4.78 is 7.20. The van der Waals surface area contributed by atoms with Gasteiger partial charge in [0, 0.05) is 69.3 Å². The van der Waals surface area contributed by atoms with Gasteiger partial charge in [0.25, 0.3) is 5.56 Å². The molecule has 0 amide bonds. The van der Waals surface area contributed by atoms with Crippen molar-refractivity contribution in [2.45, 2.75) is 33.2 Å². The minimum atomic E-state index is 0.0748. The molecule has 1 N–H and O–H groups in total. The molecule has 2 heterocycles. The van der Waals surface area contributed by atoms with Gasteiger partial charge < -0.3 is 24.4 Å². The number of benzene rings is 1. The number of nitrogens with one attached hydrogen (secondary N) is 1. The standard InChI is InChI=1S/C24H35N5O2/c1-4-25-24(26-13-5-6-14-29-20(2)9-7-12-23(29)30)28-17-15-27(16-18-28)21-10-8-11-22(19-21)31-3/h7-12,19H,4-6,13-18H2,1-3H3,(H,25,26). The normalized spacial score (nSPS) is 14.6. The molecular formula is C24H35N5O2.